The Kier molecular flexibility index (Phi) is 4.61. The van der Waals surface area contributed by atoms with Crippen molar-refractivity contribution in [2.24, 2.45) is 17.0 Å². The molecule has 8 nitrogen and oxygen atoms in total. The predicted molar refractivity (Wildman–Crippen MR) is 88.9 cm³/mol. The van der Waals surface area contributed by atoms with E-state index in [1.54, 1.807) is 0 Å². The van der Waals surface area contributed by atoms with E-state index < -0.39 is 33.8 Å². The lowest BCUT2D eigenvalue weighted by atomic mass is 9.78. The fourth-order valence-electron chi connectivity index (χ4n) is 3.58. The molecule has 134 valence electrons. The first-order valence-electron chi connectivity index (χ1n) is 8.11. The van der Waals surface area contributed by atoms with Crippen LogP contribution in [0.1, 0.15) is 32.1 Å². The van der Waals surface area contributed by atoms with Crippen molar-refractivity contribution in [3.05, 3.63) is 24.3 Å². The minimum absolute atomic E-state index is 0.138. The van der Waals surface area contributed by atoms with Crippen LogP contribution in [0.15, 0.2) is 29.2 Å². The van der Waals surface area contributed by atoms with Crippen molar-refractivity contribution in [1.29, 1.82) is 0 Å². The molecule has 3 rings (SSSR count). The van der Waals surface area contributed by atoms with Crippen molar-refractivity contribution >= 4 is 33.6 Å². The summed E-state index contributed by atoms with van der Waals surface area (Å²) < 4.78 is 23.6. The second-order valence-electron chi connectivity index (χ2n) is 6.36. The number of hydrogen-bond acceptors (Lipinski definition) is 5. The molecule has 0 spiro atoms. The molecule has 1 atom stereocenters. The molecule has 1 aliphatic carbocycles. The minimum atomic E-state index is -4.14. The maximum atomic E-state index is 12.9. The number of carbonyl (C=O) groups is 3. The highest BCUT2D eigenvalue weighted by Crippen LogP contribution is 2.35. The molecule has 1 saturated carbocycles. The maximum absolute atomic E-state index is 12.9. The third-order valence-corrected chi connectivity index (χ3v) is 5.69. The summed E-state index contributed by atoms with van der Waals surface area (Å²) in [5.41, 5.74) is -0.138. The van der Waals surface area contributed by atoms with Gasteiger partial charge in [-0.05, 0) is 30.9 Å². The second kappa shape index (κ2) is 6.57. The number of imide groups is 2. The smallest absolute Gasteiger partial charge is 0.277 e. The first-order chi connectivity index (χ1) is 11.8. The summed E-state index contributed by atoms with van der Waals surface area (Å²) in [7, 11) is -4.14. The van der Waals surface area contributed by atoms with E-state index in [2.05, 4.69) is 5.32 Å². The van der Waals surface area contributed by atoms with E-state index in [0.29, 0.717) is 0 Å². The normalized spacial score (nSPS) is 22.8. The summed E-state index contributed by atoms with van der Waals surface area (Å²) in [5, 5.41) is 7.37. The summed E-state index contributed by atoms with van der Waals surface area (Å²) >= 11 is 0. The van der Waals surface area contributed by atoms with Crippen LogP contribution in [-0.2, 0) is 19.6 Å². The summed E-state index contributed by atoms with van der Waals surface area (Å²) in [6.07, 6.45) is 4.34. The van der Waals surface area contributed by atoms with E-state index in [0.717, 1.165) is 37.0 Å². The molecule has 1 aromatic carbocycles. The molecule has 9 heteroatoms. The summed E-state index contributed by atoms with van der Waals surface area (Å²) in [6.45, 7) is 0. The van der Waals surface area contributed by atoms with Gasteiger partial charge in [-0.1, -0.05) is 31.4 Å². The SMILES string of the molecule is NS(=O)(=O)c1ccccc1N1C(=O)NC(=O)C(C2CCCCC2)C1=O. The van der Waals surface area contributed by atoms with E-state index in [9.17, 15) is 22.8 Å². The fourth-order valence-corrected chi connectivity index (χ4v) is 4.30. The quantitative estimate of drug-likeness (QED) is 0.776. The van der Waals surface area contributed by atoms with Gasteiger partial charge in [0.1, 0.15) is 10.8 Å². The highest BCUT2D eigenvalue weighted by Gasteiger charge is 2.46. The van der Waals surface area contributed by atoms with Gasteiger partial charge in [-0.25, -0.2) is 23.3 Å². The van der Waals surface area contributed by atoms with E-state index in [1.165, 1.54) is 24.3 Å². The fraction of sp³-hybridized carbons (Fsp3) is 0.438. The number of sulfonamides is 1. The van der Waals surface area contributed by atoms with Crippen molar-refractivity contribution < 1.29 is 22.8 Å². The predicted octanol–water partition coefficient (Wildman–Crippen LogP) is 1.11. The van der Waals surface area contributed by atoms with E-state index >= 15 is 0 Å². The topological polar surface area (TPSA) is 127 Å². The maximum Gasteiger partial charge on any atom is 0.335 e. The number of barbiturate groups is 1. The van der Waals surface area contributed by atoms with Gasteiger partial charge in [0, 0.05) is 0 Å². The van der Waals surface area contributed by atoms with Crippen molar-refractivity contribution in [2.75, 3.05) is 4.90 Å². The van der Waals surface area contributed by atoms with Crippen LogP contribution in [0, 0.1) is 11.8 Å². The zero-order valence-electron chi connectivity index (χ0n) is 13.5. The molecule has 1 heterocycles. The van der Waals surface area contributed by atoms with Crippen LogP contribution in [0.25, 0.3) is 0 Å². The molecular weight excluding hydrogens is 346 g/mol. The summed E-state index contributed by atoms with van der Waals surface area (Å²) in [6, 6.07) is 4.52. The number of benzene rings is 1. The van der Waals surface area contributed by atoms with Crippen LogP contribution in [0.4, 0.5) is 10.5 Å². The number of amides is 4. The third kappa shape index (κ3) is 3.29. The molecule has 3 N–H and O–H groups in total. The van der Waals surface area contributed by atoms with Gasteiger partial charge < -0.3 is 0 Å². The number of nitrogens with zero attached hydrogens (tertiary/aromatic N) is 1. The molecule has 0 bridgehead atoms. The Morgan fingerprint density at radius 2 is 1.68 bits per heavy atom. The first-order valence-corrected chi connectivity index (χ1v) is 9.66. The zero-order chi connectivity index (χ0) is 18.2. The molecule has 2 aliphatic rings. The number of urea groups is 1. The molecule has 2 fully saturated rings. The van der Waals surface area contributed by atoms with Crippen LogP contribution in [-0.4, -0.2) is 26.3 Å². The molecule has 1 aliphatic heterocycles. The Hall–Kier alpha value is -2.26. The number of carbonyl (C=O) groups excluding carboxylic acids is 3. The lowest BCUT2D eigenvalue weighted by molar-refractivity contribution is -0.137. The minimum Gasteiger partial charge on any atom is -0.277 e. The van der Waals surface area contributed by atoms with Gasteiger partial charge in [0.25, 0.3) is 0 Å². The number of nitrogens with one attached hydrogen (secondary N) is 1. The Labute approximate surface area is 145 Å². The van der Waals surface area contributed by atoms with E-state index in [4.69, 9.17) is 5.14 Å². The highest BCUT2D eigenvalue weighted by molar-refractivity contribution is 7.89. The molecule has 1 aromatic rings. The molecule has 1 unspecified atom stereocenters. The molecule has 1 saturated heterocycles. The van der Waals surface area contributed by atoms with Crippen LogP contribution >= 0.6 is 0 Å². The molecule has 0 aromatic heterocycles. The van der Waals surface area contributed by atoms with Crippen molar-refractivity contribution in [3.63, 3.8) is 0 Å². The van der Waals surface area contributed by atoms with Gasteiger partial charge in [-0.2, -0.15) is 0 Å². The van der Waals surface area contributed by atoms with Gasteiger partial charge >= 0.3 is 6.03 Å². The Balaban J connectivity index is 2.03. The Morgan fingerprint density at radius 3 is 2.32 bits per heavy atom. The van der Waals surface area contributed by atoms with Crippen molar-refractivity contribution in [1.82, 2.24) is 5.32 Å². The molecule has 4 amide bonds. The van der Waals surface area contributed by atoms with Gasteiger partial charge in [0.2, 0.25) is 21.8 Å². The van der Waals surface area contributed by atoms with Crippen molar-refractivity contribution in [2.45, 2.75) is 37.0 Å². The number of nitrogens with two attached hydrogens (primary N) is 1. The van der Waals surface area contributed by atoms with Gasteiger partial charge in [-0.15, -0.1) is 0 Å². The average molecular weight is 365 g/mol. The van der Waals surface area contributed by atoms with Crippen molar-refractivity contribution in [3.8, 4) is 0 Å². The second-order valence-corrected chi connectivity index (χ2v) is 7.89. The van der Waals surface area contributed by atoms with Gasteiger partial charge in [0.05, 0.1) is 5.69 Å². The summed E-state index contributed by atoms with van der Waals surface area (Å²) in [5.74, 6) is -2.46. The van der Waals surface area contributed by atoms with Crippen LogP contribution in [0.2, 0.25) is 0 Å². The monoisotopic (exact) mass is 365 g/mol. The number of para-hydroxylation sites is 1. The number of primary sulfonamides is 1. The van der Waals surface area contributed by atoms with Crippen LogP contribution in [0.3, 0.4) is 0 Å². The lowest BCUT2D eigenvalue weighted by Crippen LogP contribution is -2.60. The van der Waals surface area contributed by atoms with Gasteiger partial charge in [0.15, 0.2) is 0 Å². The number of hydrogen-bond donors (Lipinski definition) is 2. The Morgan fingerprint density at radius 1 is 1.04 bits per heavy atom. The Bertz CT molecular complexity index is 830. The molecule has 0 radical (unpaired) electrons. The number of anilines is 1. The standard InChI is InChI=1S/C16H19N3O5S/c17-25(23,24)12-9-5-4-8-11(12)19-15(21)13(14(20)18-16(19)22)10-6-2-1-3-7-10/h4-5,8-10,13H,1-3,6-7H2,(H2,17,23,24)(H,18,20,22). The molecule has 25 heavy (non-hydrogen) atoms. The first kappa shape index (κ1) is 17.6. The largest absolute Gasteiger partial charge is 0.335 e. The highest BCUT2D eigenvalue weighted by atomic mass is 32.2. The van der Waals surface area contributed by atoms with E-state index in [1.807, 2.05) is 0 Å². The lowest BCUT2D eigenvalue weighted by Gasteiger charge is -2.35. The van der Waals surface area contributed by atoms with Crippen LogP contribution < -0.4 is 15.4 Å². The van der Waals surface area contributed by atoms with Gasteiger partial charge in [-0.3, -0.25) is 14.9 Å². The third-order valence-electron chi connectivity index (χ3n) is 4.74. The van der Waals surface area contributed by atoms with Crippen LogP contribution in [0.5, 0.6) is 0 Å². The van der Waals surface area contributed by atoms with E-state index in [-0.39, 0.29) is 16.5 Å². The average Bonchev–Trinajstić information content (AvgIpc) is 2.55. The summed E-state index contributed by atoms with van der Waals surface area (Å²) in [4.78, 5) is 37.8. The zero-order valence-corrected chi connectivity index (χ0v) is 14.3. The number of rotatable bonds is 3. The molecular formula is C16H19N3O5S.